The highest BCUT2D eigenvalue weighted by Gasteiger charge is 2.48. The minimum atomic E-state index is -0.00875. The molecular weight excluding hydrogens is 158 g/mol. The Labute approximate surface area is 80.0 Å². The van der Waals surface area contributed by atoms with E-state index in [1.165, 1.54) is 11.1 Å². The molecule has 0 aliphatic heterocycles. The molecule has 0 amide bonds. The third kappa shape index (κ3) is 1.37. The quantitative estimate of drug-likeness (QED) is 0.734. The van der Waals surface area contributed by atoms with Gasteiger partial charge in [0.05, 0.1) is 0 Å². The summed E-state index contributed by atoms with van der Waals surface area (Å²) in [5.74, 6) is 0.652. The summed E-state index contributed by atoms with van der Waals surface area (Å²) in [6.45, 7) is 4.40. The number of aryl methyl sites for hydroxylation is 1. The molecule has 0 radical (unpaired) electrons. The SMILES string of the molecule is CCc1cccc(C2(N)CC2C)c1. The largest absolute Gasteiger partial charge is 0.321 e. The second-order valence-corrected chi connectivity index (χ2v) is 4.20. The Morgan fingerprint density at radius 1 is 1.54 bits per heavy atom. The third-order valence-electron chi connectivity index (χ3n) is 3.24. The van der Waals surface area contributed by atoms with Crippen LogP contribution in [0.25, 0.3) is 0 Å². The van der Waals surface area contributed by atoms with Gasteiger partial charge in [0.25, 0.3) is 0 Å². The molecule has 13 heavy (non-hydrogen) atoms. The summed E-state index contributed by atoms with van der Waals surface area (Å²) in [5.41, 5.74) is 8.94. The minimum Gasteiger partial charge on any atom is -0.321 e. The van der Waals surface area contributed by atoms with Gasteiger partial charge in [0.1, 0.15) is 0 Å². The van der Waals surface area contributed by atoms with Gasteiger partial charge in [-0.1, -0.05) is 38.1 Å². The fourth-order valence-electron chi connectivity index (χ4n) is 1.93. The summed E-state index contributed by atoms with van der Waals surface area (Å²) in [5, 5.41) is 0. The fraction of sp³-hybridized carbons (Fsp3) is 0.500. The van der Waals surface area contributed by atoms with Crippen LogP contribution in [0.15, 0.2) is 24.3 Å². The van der Waals surface area contributed by atoms with E-state index in [9.17, 15) is 0 Å². The number of nitrogens with two attached hydrogens (primary N) is 1. The van der Waals surface area contributed by atoms with Gasteiger partial charge in [-0.2, -0.15) is 0 Å². The zero-order valence-electron chi connectivity index (χ0n) is 8.38. The molecule has 0 aromatic heterocycles. The highest BCUT2D eigenvalue weighted by Crippen LogP contribution is 2.49. The first-order valence-corrected chi connectivity index (χ1v) is 5.05. The van der Waals surface area contributed by atoms with Crippen molar-refractivity contribution < 1.29 is 0 Å². The normalized spacial score (nSPS) is 31.8. The maximum Gasteiger partial charge on any atom is 0.0439 e. The molecule has 70 valence electrons. The van der Waals surface area contributed by atoms with Crippen molar-refractivity contribution in [2.24, 2.45) is 11.7 Å². The number of rotatable bonds is 2. The molecule has 1 aliphatic rings. The van der Waals surface area contributed by atoms with E-state index in [0.29, 0.717) is 5.92 Å². The maximum absolute atomic E-state index is 6.23. The first-order valence-electron chi connectivity index (χ1n) is 5.05. The molecule has 0 heterocycles. The van der Waals surface area contributed by atoms with Gasteiger partial charge < -0.3 is 5.73 Å². The van der Waals surface area contributed by atoms with E-state index < -0.39 is 0 Å². The Kier molecular flexibility index (Phi) is 1.92. The molecule has 2 rings (SSSR count). The van der Waals surface area contributed by atoms with Crippen LogP contribution in [0.2, 0.25) is 0 Å². The van der Waals surface area contributed by atoms with Crippen molar-refractivity contribution in [2.75, 3.05) is 0 Å². The van der Waals surface area contributed by atoms with Gasteiger partial charge in [0.2, 0.25) is 0 Å². The van der Waals surface area contributed by atoms with Crippen LogP contribution < -0.4 is 5.73 Å². The molecule has 0 bridgehead atoms. The molecule has 1 aromatic carbocycles. The van der Waals surface area contributed by atoms with Crippen molar-refractivity contribution in [2.45, 2.75) is 32.2 Å². The molecule has 1 nitrogen and oxygen atoms in total. The third-order valence-corrected chi connectivity index (χ3v) is 3.24. The van der Waals surface area contributed by atoms with E-state index in [1.807, 2.05) is 0 Å². The van der Waals surface area contributed by atoms with E-state index in [1.54, 1.807) is 0 Å². The minimum absolute atomic E-state index is 0.00875. The molecular formula is C12H17N. The summed E-state index contributed by atoms with van der Waals surface area (Å²) in [7, 11) is 0. The van der Waals surface area contributed by atoms with Crippen LogP contribution in [0.1, 0.15) is 31.4 Å². The lowest BCUT2D eigenvalue weighted by Gasteiger charge is -2.11. The molecule has 1 aliphatic carbocycles. The van der Waals surface area contributed by atoms with Crippen LogP contribution in [0.5, 0.6) is 0 Å². The summed E-state index contributed by atoms with van der Waals surface area (Å²) < 4.78 is 0. The van der Waals surface area contributed by atoms with Crippen LogP contribution in [-0.2, 0) is 12.0 Å². The Morgan fingerprint density at radius 3 is 2.77 bits per heavy atom. The Hall–Kier alpha value is -0.820. The smallest absolute Gasteiger partial charge is 0.0439 e. The molecule has 0 saturated heterocycles. The first-order chi connectivity index (χ1) is 6.16. The van der Waals surface area contributed by atoms with Gasteiger partial charge in [0.15, 0.2) is 0 Å². The molecule has 2 N–H and O–H groups in total. The van der Waals surface area contributed by atoms with Crippen molar-refractivity contribution in [1.82, 2.24) is 0 Å². The Bertz CT molecular complexity index is 319. The molecule has 1 aromatic rings. The topological polar surface area (TPSA) is 26.0 Å². The second kappa shape index (κ2) is 2.85. The number of hydrogen-bond acceptors (Lipinski definition) is 1. The monoisotopic (exact) mass is 175 g/mol. The van der Waals surface area contributed by atoms with Gasteiger partial charge in [0, 0.05) is 5.54 Å². The van der Waals surface area contributed by atoms with Crippen molar-refractivity contribution in [3.8, 4) is 0 Å². The summed E-state index contributed by atoms with van der Waals surface area (Å²) in [6.07, 6.45) is 2.23. The van der Waals surface area contributed by atoms with Crippen molar-refractivity contribution >= 4 is 0 Å². The standard InChI is InChI=1S/C12H17N/c1-3-10-5-4-6-11(7-10)12(13)8-9(12)2/h4-7,9H,3,8,13H2,1-2H3. The van der Waals surface area contributed by atoms with Gasteiger partial charge in [-0.15, -0.1) is 0 Å². The predicted molar refractivity (Wildman–Crippen MR) is 55.5 cm³/mol. The molecule has 0 spiro atoms. The average molecular weight is 175 g/mol. The highest BCUT2D eigenvalue weighted by atomic mass is 14.8. The zero-order chi connectivity index (χ0) is 9.47. The van der Waals surface area contributed by atoms with E-state index in [0.717, 1.165) is 12.8 Å². The average Bonchev–Trinajstić information content (AvgIpc) is 2.77. The number of hydrogen-bond donors (Lipinski definition) is 1. The summed E-state index contributed by atoms with van der Waals surface area (Å²) in [4.78, 5) is 0. The molecule has 1 heteroatoms. The van der Waals surface area contributed by atoms with Crippen LogP contribution in [0, 0.1) is 5.92 Å². The lowest BCUT2D eigenvalue weighted by Crippen LogP contribution is -2.21. The summed E-state index contributed by atoms with van der Waals surface area (Å²) >= 11 is 0. The second-order valence-electron chi connectivity index (χ2n) is 4.20. The molecule has 2 atom stereocenters. The van der Waals surface area contributed by atoms with Gasteiger partial charge in [-0.25, -0.2) is 0 Å². The predicted octanol–water partition coefficient (Wildman–Crippen LogP) is 2.44. The fourth-order valence-corrected chi connectivity index (χ4v) is 1.93. The van der Waals surface area contributed by atoms with Crippen LogP contribution in [-0.4, -0.2) is 0 Å². The van der Waals surface area contributed by atoms with Crippen LogP contribution >= 0.6 is 0 Å². The van der Waals surface area contributed by atoms with Gasteiger partial charge in [-0.05, 0) is 29.9 Å². The van der Waals surface area contributed by atoms with Crippen molar-refractivity contribution in [1.29, 1.82) is 0 Å². The summed E-state index contributed by atoms with van der Waals surface area (Å²) in [6, 6.07) is 8.69. The molecule has 2 unspecified atom stereocenters. The van der Waals surface area contributed by atoms with E-state index in [2.05, 4.69) is 38.1 Å². The first kappa shape index (κ1) is 8.76. The van der Waals surface area contributed by atoms with E-state index in [4.69, 9.17) is 5.73 Å². The van der Waals surface area contributed by atoms with Gasteiger partial charge in [-0.3, -0.25) is 0 Å². The van der Waals surface area contributed by atoms with E-state index in [-0.39, 0.29) is 5.54 Å². The van der Waals surface area contributed by atoms with E-state index >= 15 is 0 Å². The highest BCUT2D eigenvalue weighted by molar-refractivity contribution is 5.34. The lowest BCUT2D eigenvalue weighted by atomic mass is 10.0. The van der Waals surface area contributed by atoms with Crippen LogP contribution in [0.4, 0.5) is 0 Å². The van der Waals surface area contributed by atoms with Crippen molar-refractivity contribution in [3.63, 3.8) is 0 Å². The van der Waals surface area contributed by atoms with Gasteiger partial charge >= 0.3 is 0 Å². The zero-order valence-corrected chi connectivity index (χ0v) is 8.38. The Morgan fingerprint density at radius 2 is 2.23 bits per heavy atom. The molecule has 1 saturated carbocycles. The maximum atomic E-state index is 6.23. The van der Waals surface area contributed by atoms with Crippen molar-refractivity contribution in [3.05, 3.63) is 35.4 Å². The van der Waals surface area contributed by atoms with Crippen LogP contribution in [0.3, 0.4) is 0 Å². The Balaban J connectivity index is 2.31. The number of benzene rings is 1. The lowest BCUT2D eigenvalue weighted by molar-refractivity contribution is 0.664. The molecule has 1 fully saturated rings.